The third kappa shape index (κ3) is 3.01. The zero-order valence-electron chi connectivity index (χ0n) is 11.8. The molecule has 4 heteroatoms. The zero-order chi connectivity index (χ0) is 12.0. The summed E-state index contributed by atoms with van der Waals surface area (Å²) in [5.74, 6) is 0. The molecule has 0 saturated heterocycles. The van der Waals surface area contributed by atoms with Crippen LogP contribution in [0.15, 0.2) is 20.6 Å². The molecule has 0 aliphatic heterocycles. The van der Waals surface area contributed by atoms with Gasteiger partial charge >= 0.3 is 106 Å². The maximum Gasteiger partial charge on any atom is -0.147 e. The zero-order valence-corrected chi connectivity index (χ0v) is 15.0. The summed E-state index contributed by atoms with van der Waals surface area (Å²) in [4.78, 5) is 2.32. The van der Waals surface area contributed by atoms with Gasteiger partial charge in [0.15, 0.2) is 0 Å². The van der Waals surface area contributed by atoms with Gasteiger partial charge in [0, 0.05) is 0 Å². The molecule has 0 spiro atoms. The normalized spacial score (nSPS) is 25.8. The second-order valence-electron chi connectivity index (χ2n) is 5.09. The molecular weight excluding hydrogens is 289 g/mol. The molecule has 0 bridgehead atoms. The van der Waals surface area contributed by atoms with E-state index in [9.17, 15) is 0 Å². The maximum atomic E-state index is 2.38. The van der Waals surface area contributed by atoms with Crippen LogP contribution in [0, 0.1) is 5.41 Å². The van der Waals surface area contributed by atoms with Crippen molar-refractivity contribution in [2.75, 3.05) is 14.1 Å². The first kappa shape index (κ1) is 20.1. The Labute approximate surface area is 130 Å². The van der Waals surface area contributed by atoms with Crippen LogP contribution in [0.4, 0.5) is 0 Å². The Hall–Kier alpha value is 0.734. The Bertz CT molecular complexity index is 321. The van der Waals surface area contributed by atoms with E-state index in [0.29, 0.717) is 6.04 Å². The van der Waals surface area contributed by atoms with Crippen molar-refractivity contribution in [2.24, 2.45) is 5.41 Å². The topological polar surface area (TPSA) is 3.24 Å². The van der Waals surface area contributed by atoms with Crippen LogP contribution in [0.25, 0.3) is 0 Å². The number of rotatable bonds is 2. The molecule has 0 N–H and O–H groups in total. The largest absolute Gasteiger partial charge is 0.147 e. The van der Waals surface area contributed by atoms with Crippen LogP contribution < -0.4 is 0 Å². The molecule has 0 aromatic carbocycles. The molecule has 0 aromatic heterocycles. The molecule has 0 aromatic rings. The average Bonchev–Trinajstić information content (AvgIpc) is 2.34. The van der Waals surface area contributed by atoms with E-state index in [0.717, 1.165) is 0 Å². The standard InChI is InChI=1S/C13H22N.2ClH.Ti/c1-9-8-13(5,11(3)10(9)2)12(4)14(6)7;;;/h12H,1-7H3;2*1H;. The Balaban J connectivity index is 0. The van der Waals surface area contributed by atoms with E-state index in [-0.39, 0.29) is 30.2 Å². The summed E-state index contributed by atoms with van der Waals surface area (Å²) in [6.07, 6.45) is 0. The predicted octanol–water partition coefficient (Wildman–Crippen LogP) is 3.96. The molecule has 0 amide bonds. The van der Waals surface area contributed by atoms with Gasteiger partial charge in [-0.2, -0.15) is 0 Å². The van der Waals surface area contributed by atoms with Gasteiger partial charge in [0.25, 0.3) is 0 Å². The smallest absolute Gasteiger partial charge is 0.147 e. The molecule has 0 fully saturated rings. The summed E-state index contributed by atoms with van der Waals surface area (Å²) >= 11 is 2.29. The summed E-state index contributed by atoms with van der Waals surface area (Å²) < 4.78 is 1.54. The molecule has 99 valence electrons. The Kier molecular flexibility index (Phi) is 7.99. The minimum absolute atomic E-state index is 0. The van der Waals surface area contributed by atoms with Gasteiger partial charge in [-0.05, 0) is 0 Å². The van der Waals surface area contributed by atoms with Crippen LogP contribution in [0.5, 0.6) is 0 Å². The molecular formula is C13H24Cl2NTi. The molecule has 2 unspecified atom stereocenters. The third-order valence-electron chi connectivity index (χ3n) is 4.41. The van der Waals surface area contributed by atoms with Crippen LogP contribution in [-0.4, -0.2) is 25.0 Å². The van der Waals surface area contributed by atoms with Gasteiger partial charge in [0.05, 0.1) is 0 Å². The molecule has 17 heavy (non-hydrogen) atoms. The van der Waals surface area contributed by atoms with Crippen molar-refractivity contribution in [1.82, 2.24) is 4.90 Å². The first-order valence-electron chi connectivity index (χ1n) is 5.52. The molecule has 0 heterocycles. The summed E-state index contributed by atoms with van der Waals surface area (Å²) in [6, 6.07) is 0.546. The molecule has 1 rings (SSSR count). The van der Waals surface area contributed by atoms with Crippen molar-refractivity contribution in [1.29, 1.82) is 0 Å². The summed E-state index contributed by atoms with van der Waals surface area (Å²) in [7, 11) is 4.33. The number of allylic oxidation sites excluding steroid dienone is 2. The molecule has 0 saturated carbocycles. The van der Waals surface area contributed by atoms with Gasteiger partial charge in [-0.25, -0.2) is 0 Å². The van der Waals surface area contributed by atoms with Crippen molar-refractivity contribution < 1.29 is 20.4 Å². The fourth-order valence-electron chi connectivity index (χ4n) is 2.47. The Morgan fingerprint density at radius 2 is 1.47 bits per heavy atom. The number of nitrogens with zero attached hydrogens (tertiary/aromatic N) is 1. The average molecular weight is 313 g/mol. The van der Waals surface area contributed by atoms with E-state index in [1.165, 1.54) is 11.1 Å². The van der Waals surface area contributed by atoms with Crippen molar-refractivity contribution in [3.63, 3.8) is 0 Å². The fourth-order valence-corrected chi connectivity index (χ4v) is 3.39. The number of halogens is 2. The number of hydrogen-bond acceptors (Lipinski definition) is 1. The molecule has 0 radical (unpaired) electrons. The minimum atomic E-state index is 0. The van der Waals surface area contributed by atoms with E-state index in [2.05, 4.69) is 74.0 Å². The number of hydrogen-bond donors (Lipinski definition) is 0. The molecule has 1 nitrogen and oxygen atoms in total. The molecule has 1 aliphatic rings. The van der Waals surface area contributed by atoms with E-state index in [1.807, 2.05) is 0 Å². The van der Waals surface area contributed by atoms with Gasteiger partial charge in [0.1, 0.15) is 0 Å². The van der Waals surface area contributed by atoms with Gasteiger partial charge in [0.2, 0.25) is 0 Å². The molecule has 2 atom stereocenters. The first-order valence-corrected chi connectivity index (χ1v) is 6.30. The van der Waals surface area contributed by atoms with E-state index >= 15 is 0 Å². The first-order chi connectivity index (χ1) is 6.74. The summed E-state index contributed by atoms with van der Waals surface area (Å²) in [6.45, 7) is 11.5. The van der Waals surface area contributed by atoms with E-state index in [4.69, 9.17) is 0 Å². The Morgan fingerprint density at radius 3 is 1.71 bits per heavy atom. The summed E-state index contributed by atoms with van der Waals surface area (Å²) in [5.41, 5.74) is 4.74. The van der Waals surface area contributed by atoms with E-state index < -0.39 is 0 Å². The van der Waals surface area contributed by atoms with Crippen molar-refractivity contribution in [3.8, 4) is 0 Å². The van der Waals surface area contributed by atoms with E-state index in [1.54, 1.807) is 9.45 Å². The second kappa shape index (κ2) is 6.77. The minimum Gasteiger partial charge on any atom is -0.147 e. The van der Waals surface area contributed by atoms with Crippen LogP contribution >= 0.6 is 24.8 Å². The predicted molar refractivity (Wildman–Crippen MR) is 76.8 cm³/mol. The second-order valence-corrected chi connectivity index (χ2v) is 5.87. The van der Waals surface area contributed by atoms with Crippen LogP contribution in [-0.2, 0) is 20.4 Å². The van der Waals surface area contributed by atoms with Gasteiger partial charge in [-0.3, -0.25) is 0 Å². The summed E-state index contributed by atoms with van der Waals surface area (Å²) in [5, 5.41) is 0. The molecule has 1 aliphatic carbocycles. The maximum absolute atomic E-state index is 2.38. The van der Waals surface area contributed by atoms with Gasteiger partial charge < -0.3 is 0 Å². The fraction of sp³-hybridized carbons (Fsp3) is 0.692. The quantitative estimate of drug-likeness (QED) is 0.698. The van der Waals surface area contributed by atoms with Gasteiger partial charge in [-0.15, -0.1) is 24.8 Å². The van der Waals surface area contributed by atoms with Crippen LogP contribution in [0.2, 0.25) is 0 Å². The third-order valence-corrected chi connectivity index (χ3v) is 5.81. The Morgan fingerprint density at radius 1 is 1.06 bits per heavy atom. The van der Waals surface area contributed by atoms with Crippen LogP contribution in [0.1, 0.15) is 34.6 Å². The van der Waals surface area contributed by atoms with Gasteiger partial charge in [-0.1, -0.05) is 0 Å². The van der Waals surface area contributed by atoms with Crippen molar-refractivity contribution in [3.05, 3.63) is 20.6 Å². The van der Waals surface area contributed by atoms with Crippen molar-refractivity contribution in [2.45, 2.75) is 40.7 Å². The van der Waals surface area contributed by atoms with Crippen LogP contribution in [0.3, 0.4) is 0 Å². The van der Waals surface area contributed by atoms with Crippen molar-refractivity contribution >= 4 is 24.8 Å². The SMILES string of the molecule is CC1=C(C)C(C)(C(C)N(C)C)[C]([Ti])=C1C.Cl.Cl. The monoisotopic (exact) mass is 312 g/mol.